The first kappa shape index (κ1) is 14.9. The molecule has 2 aromatic heterocycles. The third-order valence-electron chi connectivity index (χ3n) is 4.20. The predicted octanol–water partition coefficient (Wildman–Crippen LogP) is 4.56. The Bertz CT molecular complexity index is 875. The number of pyridine rings is 2. The summed E-state index contributed by atoms with van der Waals surface area (Å²) in [6.07, 6.45) is 4.73. The molecule has 1 saturated carbocycles. The number of anilines is 2. The van der Waals surface area contributed by atoms with E-state index in [-0.39, 0.29) is 6.61 Å². The minimum atomic E-state index is -1.11. The Hall–Kier alpha value is -2.69. The maximum atomic E-state index is 13.7. The Morgan fingerprint density at radius 3 is 2.79 bits per heavy atom. The molecule has 0 amide bonds. The Labute approximate surface area is 139 Å². The van der Waals surface area contributed by atoms with Crippen LogP contribution in [0, 0.1) is 6.92 Å². The van der Waals surface area contributed by atoms with Gasteiger partial charge in [0.1, 0.15) is 23.8 Å². The smallest absolute Gasteiger partial charge is 0.145 e. The van der Waals surface area contributed by atoms with Gasteiger partial charge in [-0.1, -0.05) is 0 Å². The van der Waals surface area contributed by atoms with E-state index < -0.39 is 5.67 Å². The minimum absolute atomic E-state index is 0.129. The summed E-state index contributed by atoms with van der Waals surface area (Å²) in [5.41, 5.74) is 0.738. The molecule has 1 fully saturated rings. The van der Waals surface area contributed by atoms with Crippen LogP contribution in [-0.4, -0.2) is 22.2 Å². The number of alkyl halides is 1. The van der Waals surface area contributed by atoms with Crippen LogP contribution in [0.1, 0.15) is 18.5 Å². The number of ether oxygens (including phenoxy) is 1. The van der Waals surface area contributed by atoms with E-state index in [1.54, 1.807) is 12.4 Å². The van der Waals surface area contributed by atoms with Crippen LogP contribution in [0.25, 0.3) is 10.8 Å². The highest BCUT2D eigenvalue weighted by molar-refractivity contribution is 5.94. The summed E-state index contributed by atoms with van der Waals surface area (Å²) in [5.74, 6) is 1.44. The van der Waals surface area contributed by atoms with Crippen LogP contribution in [0.3, 0.4) is 0 Å². The van der Waals surface area contributed by atoms with E-state index in [0.717, 1.165) is 28.0 Å². The highest BCUT2D eigenvalue weighted by Gasteiger charge is 2.44. The number of benzene rings is 1. The quantitative estimate of drug-likeness (QED) is 0.747. The molecule has 1 aliphatic carbocycles. The second kappa shape index (κ2) is 5.74. The first-order valence-corrected chi connectivity index (χ1v) is 8.02. The third kappa shape index (κ3) is 3.15. The molecule has 0 unspecified atom stereocenters. The minimum Gasteiger partial charge on any atom is -0.490 e. The molecule has 0 spiro atoms. The number of aromatic nitrogens is 2. The normalized spacial score (nSPS) is 15.2. The van der Waals surface area contributed by atoms with Crippen LogP contribution < -0.4 is 10.1 Å². The van der Waals surface area contributed by atoms with Crippen LogP contribution in [-0.2, 0) is 0 Å². The maximum absolute atomic E-state index is 13.7. The van der Waals surface area contributed by atoms with Gasteiger partial charge >= 0.3 is 0 Å². The van der Waals surface area contributed by atoms with Crippen molar-refractivity contribution < 1.29 is 9.13 Å². The van der Waals surface area contributed by atoms with Crippen molar-refractivity contribution in [3.05, 3.63) is 54.5 Å². The summed E-state index contributed by atoms with van der Waals surface area (Å²) >= 11 is 0. The van der Waals surface area contributed by atoms with Crippen molar-refractivity contribution in [3.63, 3.8) is 0 Å². The first-order chi connectivity index (χ1) is 11.6. The molecular formula is C19H18FN3O. The van der Waals surface area contributed by atoms with Gasteiger partial charge in [0.05, 0.1) is 11.9 Å². The van der Waals surface area contributed by atoms with Gasteiger partial charge in [0.25, 0.3) is 0 Å². The van der Waals surface area contributed by atoms with Crippen LogP contribution in [0.4, 0.5) is 15.9 Å². The van der Waals surface area contributed by atoms with Crippen LogP contribution in [0.5, 0.6) is 5.75 Å². The van der Waals surface area contributed by atoms with E-state index in [0.29, 0.717) is 18.6 Å². The van der Waals surface area contributed by atoms with E-state index in [1.165, 1.54) is 0 Å². The SMILES string of the molecule is Cc1ccc(Nc2nccc3cc(OCC4(F)CC4)ccc23)cn1. The number of fused-ring (bicyclic) bond motifs is 1. The highest BCUT2D eigenvalue weighted by atomic mass is 19.1. The zero-order valence-corrected chi connectivity index (χ0v) is 13.4. The molecule has 0 bridgehead atoms. The standard InChI is InChI=1S/C19H18FN3O/c1-13-2-3-15(11-22-13)23-18-17-5-4-16(10-14(17)6-9-21-18)24-12-19(20)7-8-19/h2-6,9-11H,7-8,12H2,1H3,(H,21,23). The Morgan fingerprint density at radius 2 is 2.04 bits per heavy atom. The fourth-order valence-electron chi connectivity index (χ4n) is 2.52. The lowest BCUT2D eigenvalue weighted by Crippen LogP contribution is -2.13. The molecule has 0 radical (unpaired) electrons. The Morgan fingerprint density at radius 1 is 1.17 bits per heavy atom. The van der Waals surface area contributed by atoms with Crippen molar-refractivity contribution in [1.82, 2.24) is 9.97 Å². The van der Waals surface area contributed by atoms with E-state index >= 15 is 0 Å². The van der Waals surface area contributed by atoms with Gasteiger partial charge < -0.3 is 10.1 Å². The lowest BCUT2D eigenvalue weighted by molar-refractivity contribution is 0.178. The molecule has 122 valence electrons. The summed E-state index contributed by atoms with van der Waals surface area (Å²) in [4.78, 5) is 8.69. The molecule has 1 N–H and O–H groups in total. The molecule has 0 saturated heterocycles. The van der Waals surface area contributed by atoms with Crippen molar-refractivity contribution >= 4 is 22.3 Å². The number of nitrogens with zero attached hydrogens (tertiary/aromatic N) is 2. The number of hydrogen-bond acceptors (Lipinski definition) is 4. The Kier molecular flexibility index (Phi) is 3.56. The van der Waals surface area contributed by atoms with Crippen LogP contribution in [0.15, 0.2) is 48.8 Å². The first-order valence-electron chi connectivity index (χ1n) is 8.02. The summed E-state index contributed by atoms with van der Waals surface area (Å²) in [5, 5.41) is 5.26. The summed E-state index contributed by atoms with van der Waals surface area (Å²) in [7, 11) is 0. The molecule has 0 atom stereocenters. The van der Waals surface area contributed by atoms with Gasteiger partial charge in [0.15, 0.2) is 0 Å². The molecule has 3 aromatic rings. The second-order valence-corrected chi connectivity index (χ2v) is 6.30. The molecular weight excluding hydrogens is 305 g/mol. The lowest BCUT2D eigenvalue weighted by Gasteiger charge is -2.12. The van der Waals surface area contributed by atoms with Crippen molar-refractivity contribution in [3.8, 4) is 5.75 Å². The topological polar surface area (TPSA) is 47.0 Å². The van der Waals surface area contributed by atoms with Crippen LogP contribution >= 0.6 is 0 Å². The van der Waals surface area contributed by atoms with Gasteiger partial charge in [0, 0.05) is 17.3 Å². The zero-order valence-electron chi connectivity index (χ0n) is 13.4. The fourth-order valence-corrected chi connectivity index (χ4v) is 2.52. The molecule has 24 heavy (non-hydrogen) atoms. The zero-order chi connectivity index (χ0) is 16.6. The summed E-state index contributed by atoms with van der Waals surface area (Å²) in [6, 6.07) is 11.6. The van der Waals surface area contributed by atoms with Crippen molar-refractivity contribution in [2.24, 2.45) is 0 Å². The van der Waals surface area contributed by atoms with E-state index in [4.69, 9.17) is 4.74 Å². The van der Waals surface area contributed by atoms with Crippen LogP contribution in [0.2, 0.25) is 0 Å². The molecule has 4 nitrogen and oxygen atoms in total. The summed E-state index contributed by atoms with van der Waals surface area (Å²) < 4.78 is 19.3. The van der Waals surface area contributed by atoms with Gasteiger partial charge in [-0.3, -0.25) is 4.98 Å². The van der Waals surface area contributed by atoms with E-state index in [9.17, 15) is 4.39 Å². The molecule has 5 heteroatoms. The average molecular weight is 323 g/mol. The lowest BCUT2D eigenvalue weighted by atomic mass is 10.1. The van der Waals surface area contributed by atoms with Gasteiger partial charge in [-0.15, -0.1) is 0 Å². The molecule has 0 aliphatic heterocycles. The van der Waals surface area contributed by atoms with Gasteiger partial charge in [-0.05, 0) is 61.5 Å². The number of nitrogens with one attached hydrogen (secondary N) is 1. The average Bonchev–Trinajstić information content (AvgIpc) is 3.33. The number of hydrogen-bond donors (Lipinski definition) is 1. The van der Waals surface area contributed by atoms with Gasteiger partial charge in [-0.25, -0.2) is 9.37 Å². The highest BCUT2D eigenvalue weighted by Crippen LogP contribution is 2.40. The second-order valence-electron chi connectivity index (χ2n) is 6.30. The largest absolute Gasteiger partial charge is 0.490 e. The van der Waals surface area contributed by atoms with Gasteiger partial charge in [-0.2, -0.15) is 0 Å². The fraction of sp³-hybridized carbons (Fsp3) is 0.263. The molecule has 4 rings (SSSR count). The monoisotopic (exact) mass is 323 g/mol. The molecule has 1 aromatic carbocycles. The van der Waals surface area contributed by atoms with Crippen molar-refractivity contribution in [2.75, 3.05) is 11.9 Å². The molecule has 1 aliphatic rings. The van der Waals surface area contributed by atoms with Gasteiger partial charge in [0.2, 0.25) is 0 Å². The van der Waals surface area contributed by atoms with E-state index in [2.05, 4.69) is 15.3 Å². The third-order valence-corrected chi connectivity index (χ3v) is 4.20. The van der Waals surface area contributed by atoms with Crippen molar-refractivity contribution in [1.29, 1.82) is 0 Å². The maximum Gasteiger partial charge on any atom is 0.145 e. The summed E-state index contributed by atoms with van der Waals surface area (Å²) in [6.45, 7) is 2.08. The predicted molar refractivity (Wildman–Crippen MR) is 92.6 cm³/mol. The number of aryl methyl sites for hydroxylation is 1. The Balaban J connectivity index is 1.58. The molecule has 2 heterocycles. The van der Waals surface area contributed by atoms with E-state index in [1.807, 2.05) is 43.3 Å². The number of halogens is 1. The van der Waals surface area contributed by atoms with Crippen molar-refractivity contribution in [2.45, 2.75) is 25.4 Å². The number of rotatable bonds is 5.